The highest BCUT2D eigenvalue weighted by Gasteiger charge is 2.16. The van der Waals surface area contributed by atoms with E-state index < -0.39 is 0 Å². The molecule has 1 atom stereocenters. The summed E-state index contributed by atoms with van der Waals surface area (Å²) in [4.78, 5) is 16.9. The fraction of sp³-hybridized carbons (Fsp3) is 0.368. The van der Waals surface area contributed by atoms with E-state index in [0.29, 0.717) is 30.2 Å². The molecule has 1 aromatic carbocycles. The maximum Gasteiger partial charge on any atom is 0.251 e. The molecule has 0 aliphatic rings. The first-order chi connectivity index (χ1) is 12.1. The van der Waals surface area contributed by atoms with Gasteiger partial charge in [0, 0.05) is 11.8 Å². The normalized spacial score (nSPS) is 11.7. The predicted octanol–water partition coefficient (Wildman–Crippen LogP) is 2.62. The Morgan fingerprint density at radius 3 is 2.80 bits per heavy atom. The van der Waals surface area contributed by atoms with Crippen molar-refractivity contribution in [3.63, 3.8) is 0 Å². The standard InChI is InChI=1S/C19H25N3O3/c1-13-6-4-10-21-18(13)14(2)22-19(23)15-7-8-16(24-3)17(12-15)25-11-5-9-20/h4,6-8,10,12,14H,5,9,11,20H2,1-3H3,(H,22,23)/t14-/m1/s1. The second kappa shape index (κ2) is 9.03. The lowest BCUT2D eigenvalue weighted by Crippen LogP contribution is -2.27. The van der Waals surface area contributed by atoms with Crippen molar-refractivity contribution < 1.29 is 14.3 Å². The number of aryl methyl sites for hydroxylation is 1. The van der Waals surface area contributed by atoms with Gasteiger partial charge in [0.2, 0.25) is 0 Å². The largest absolute Gasteiger partial charge is 0.493 e. The first kappa shape index (κ1) is 18.7. The van der Waals surface area contributed by atoms with Gasteiger partial charge in [-0.05, 0) is 56.6 Å². The number of methoxy groups -OCH3 is 1. The number of amides is 1. The van der Waals surface area contributed by atoms with E-state index in [0.717, 1.165) is 17.7 Å². The maximum atomic E-state index is 12.6. The number of rotatable bonds is 8. The van der Waals surface area contributed by atoms with Crippen LogP contribution in [-0.2, 0) is 0 Å². The number of nitrogens with one attached hydrogen (secondary N) is 1. The van der Waals surface area contributed by atoms with Crippen molar-refractivity contribution in [1.82, 2.24) is 10.3 Å². The van der Waals surface area contributed by atoms with Gasteiger partial charge in [-0.2, -0.15) is 0 Å². The highest BCUT2D eigenvalue weighted by molar-refractivity contribution is 5.95. The van der Waals surface area contributed by atoms with Crippen LogP contribution >= 0.6 is 0 Å². The summed E-state index contributed by atoms with van der Waals surface area (Å²) in [5.74, 6) is 0.927. The quantitative estimate of drug-likeness (QED) is 0.720. The van der Waals surface area contributed by atoms with Gasteiger partial charge in [-0.25, -0.2) is 0 Å². The topological polar surface area (TPSA) is 86.5 Å². The van der Waals surface area contributed by atoms with Crippen molar-refractivity contribution in [2.45, 2.75) is 26.3 Å². The zero-order valence-corrected chi connectivity index (χ0v) is 14.9. The maximum absolute atomic E-state index is 12.6. The molecular weight excluding hydrogens is 318 g/mol. The highest BCUT2D eigenvalue weighted by Crippen LogP contribution is 2.28. The third-order valence-electron chi connectivity index (χ3n) is 3.84. The van der Waals surface area contributed by atoms with Crippen molar-refractivity contribution >= 4 is 5.91 Å². The van der Waals surface area contributed by atoms with Crippen LogP contribution in [0.4, 0.5) is 0 Å². The summed E-state index contributed by atoms with van der Waals surface area (Å²) in [5, 5.41) is 2.97. The molecule has 1 heterocycles. The van der Waals surface area contributed by atoms with E-state index in [1.54, 1.807) is 31.5 Å². The Bertz CT molecular complexity index is 719. The summed E-state index contributed by atoms with van der Waals surface area (Å²) >= 11 is 0. The third kappa shape index (κ3) is 4.93. The number of hydrogen-bond donors (Lipinski definition) is 2. The third-order valence-corrected chi connectivity index (χ3v) is 3.84. The number of benzene rings is 1. The summed E-state index contributed by atoms with van der Waals surface area (Å²) in [7, 11) is 1.57. The van der Waals surface area contributed by atoms with Gasteiger partial charge in [-0.1, -0.05) is 6.07 Å². The number of carbonyl (C=O) groups excluding carboxylic acids is 1. The molecule has 0 bridgehead atoms. The SMILES string of the molecule is COc1ccc(C(=O)N[C@H](C)c2ncccc2C)cc1OCCCN. The van der Waals surface area contributed by atoms with Crippen LogP contribution < -0.4 is 20.5 Å². The average molecular weight is 343 g/mol. The molecule has 0 radical (unpaired) electrons. The fourth-order valence-electron chi connectivity index (χ4n) is 2.50. The van der Waals surface area contributed by atoms with E-state index in [-0.39, 0.29) is 11.9 Å². The van der Waals surface area contributed by atoms with Gasteiger partial charge in [0.1, 0.15) is 0 Å². The first-order valence-electron chi connectivity index (χ1n) is 8.30. The molecule has 6 nitrogen and oxygen atoms in total. The van der Waals surface area contributed by atoms with Crippen LogP contribution in [0.25, 0.3) is 0 Å². The van der Waals surface area contributed by atoms with Crippen LogP contribution in [0.5, 0.6) is 11.5 Å². The minimum atomic E-state index is -0.197. The molecule has 0 saturated heterocycles. The number of aromatic nitrogens is 1. The molecule has 2 aromatic rings. The van der Waals surface area contributed by atoms with Gasteiger partial charge in [0.15, 0.2) is 11.5 Å². The molecule has 6 heteroatoms. The Labute approximate surface area is 148 Å². The summed E-state index contributed by atoms with van der Waals surface area (Å²) in [5.41, 5.74) is 7.87. The lowest BCUT2D eigenvalue weighted by molar-refractivity contribution is 0.0938. The average Bonchev–Trinajstić information content (AvgIpc) is 2.62. The molecule has 1 amide bonds. The van der Waals surface area contributed by atoms with E-state index in [1.807, 2.05) is 26.0 Å². The fourth-order valence-corrected chi connectivity index (χ4v) is 2.50. The van der Waals surface area contributed by atoms with Crippen molar-refractivity contribution in [3.05, 3.63) is 53.3 Å². The van der Waals surface area contributed by atoms with Crippen LogP contribution in [-0.4, -0.2) is 31.2 Å². The van der Waals surface area contributed by atoms with E-state index >= 15 is 0 Å². The number of pyridine rings is 1. The van der Waals surface area contributed by atoms with Crippen LogP contribution in [0.15, 0.2) is 36.5 Å². The van der Waals surface area contributed by atoms with Gasteiger partial charge in [0.05, 0.1) is 25.5 Å². The highest BCUT2D eigenvalue weighted by atomic mass is 16.5. The van der Waals surface area contributed by atoms with E-state index in [9.17, 15) is 4.79 Å². The number of hydrogen-bond acceptors (Lipinski definition) is 5. The van der Waals surface area contributed by atoms with Gasteiger partial charge in [0.25, 0.3) is 5.91 Å². The predicted molar refractivity (Wildman–Crippen MR) is 97.0 cm³/mol. The smallest absolute Gasteiger partial charge is 0.251 e. The Morgan fingerprint density at radius 2 is 2.12 bits per heavy atom. The van der Waals surface area contributed by atoms with E-state index in [4.69, 9.17) is 15.2 Å². The van der Waals surface area contributed by atoms with E-state index in [1.165, 1.54) is 0 Å². The molecule has 0 spiro atoms. The lowest BCUT2D eigenvalue weighted by Gasteiger charge is -2.16. The van der Waals surface area contributed by atoms with E-state index in [2.05, 4.69) is 10.3 Å². The van der Waals surface area contributed by atoms with Gasteiger partial charge >= 0.3 is 0 Å². The second-order valence-electron chi connectivity index (χ2n) is 5.76. The van der Waals surface area contributed by atoms with Crippen molar-refractivity contribution in [3.8, 4) is 11.5 Å². The number of ether oxygens (including phenoxy) is 2. The molecule has 1 aromatic heterocycles. The monoisotopic (exact) mass is 343 g/mol. The van der Waals surface area contributed by atoms with Crippen LogP contribution in [0, 0.1) is 6.92 Å². The Kier molecular flexibility index (Phi) is 6.77. The molecule has 0 saturated carbocycles. The van der Waals surface area contributed by atoms with Crippen LogP contribution in [0.3, 0.4) is 0 Å². The molecule has 2 rings (SSSR count). The molecule has 0 aliphatic heterocycles. The Morgan fingerprint density at radius 1 is 1.32 bits per heavy atom. The molecule has 0 fully saturated rings. The second-order valence-corrected chi connectivity index (χ2v) is 5.76. The number of nitrogens with two attached hydrogens (primary N) is 1. The lowest BCUT2D eigenvalue weighted by atomic mass is 10.1. The minimum Gasteiger partial charge on any atom is -0.493 e. The zero-order chi connectivity index (χ0) is 18.2. The molecule has 3 N–H and O–H groups in total. The van der Waals surface area contributed by atoms with Crippen LogP contribution in [0.1, 0.15) is 41.0 Å². The Hall–Kier alpha value is -2.60. The van der Waals surface area contributed by atoms with Gasteiger partial charge in [-0.3, -0.25) is 9.78 Å². The number of carbonyl (C=O) groups is 1. The van der Waals surface area contributed by atoms with Crippen LogP contribution in [0.2, 0.25) is 0 Å². The Balaban J connectivity index is 2.13. The summed E-state index contributed by atoms with van der Waals surface area (Å²) < 4.78 is 10.9. The van der Waals surface area contributed by atoms with Crippen molar-refractivity contribution in [1.29, 1.82) is 0 Å². The first-order valence-corrected chi connectivity index (χ1v) is 8.30. The number of nitrogens with zero attached hydrogens (tertiary/aromatic N) is 1. The van der Waals surface area contributed by atoms with Crippen molar-refractivity contribution in [2.75, 3.05) is 20.3 Å². The minimum absolute atomic E-state index is 0.191. The molecule has 25 heavy (non-hydrogen) atoms. The molecule has 134 valence electrons. The summed E-state index contributed by atoms with van der Waals surface area (Å²) in [6.07, 6.45) is 2.46. The van der Waals surface area contributed by atoms with Gasteiger partial charge in [-0.15, -0.1) is 0 Å². The van der Waals surface area contributed by atoms with Gasteiger partial charge < -0.3 is 20.5 Å². The van der Waals surface area contributed by atoms with Crippen molar-refractivity contribution in [2.24, 2.45) is 5.73 Å². The molecule has 0 unspecified atom stereocenters. The molecular formula is C19H25N3O3. The summed E-state index contributed by atoms with van der Waals surface area (Å²) in [6, 6.07) is 8.77. The zero-order valence-electron chi connectivity index (χ0n) is 14.9. The molecule has 0 aliphatic carbocycles. The summed E-state index contributed by atoms with van der Waals surface area (Å²) in [6.45, 7) is 4.90.